The summed E-state index contributed by atoms with van der Waals surface area (Å²) in [5.74, 6) is 0.822. The molecular weight excluding hydrogens is 458 g/mol. The van der Waals surface area contributed by atoms with Crippen molar-refractivity contribution in [2.45, 2.75) is 25.9 Å². The molecule has 3 rings (SSSR count). The normalized spacial score (nSPS) is 15.8. The molecule has 0 spiro atoms. The van der Waals surface area contributed by atoms with E-state index in [1.165, 1.54) is 0 Å². The summed E-state index contributed by atoms with van der Waals surface area (Å²) in [6.07, 6.45) is -0.991. The molecule has 0 saturated carbocycles. The maximum Gasteiger partial charge on any atom is 0.434 e. The van der Waals surface area contributed by atoms with Crippen LogP contribution in [-0.4, -0.2) is 35.7 Å². The Hall–Kier alpha value is -2.30. The molecule has 1 aliphatic heterocycles. The van der Waals surface area contributed by atoms with Gasteiger partial charge in [0.1, 0.15) is 5.75 Å². The number of benzene rings is 1. The van der Waals surface area contributed by atoms with Crippen molar-refractivity contribution in [3.63, 3.8) is 0 Å². The van der Waals surface area contributed by atoms with Crippen molar-refractivity contribution in [2.24, 2.45) is 5.92 Å². The van der Waals surface area contributed by atoms with Crippen molar-refractivity contribution in [2.75, 3.05) is 30.3 Å². The van der Waals surface area contributed by atoms with Gasteiger partial charge in [-0.1, -0.05) is 6.07 Å². The number of piperidine rings is 1. The predicted molar refractivity (Wildman–Crippen MR) is 116 cm³/mol. The fraction of sp³-hybridized carbons (Fsp3) is 0.421. The largest absolute Gasteiger partial charge is 0.491 e. The molecule has 1 aliphatic rings. The van der Waals surface area contributed by atoms with Crippen LogP contribution >= 0.6 is 24.8 Å². The molecule has 2 aromatic rings. The number of hydrogen-bond acceptors (Lipinski definition) is 5. The first kappa shape index (κ1) is 26.7. The van der Waals surface area contributed by atoms with Gasteiger partial charge in [0, 0.05) is 12.5 Å². The van der Waals surface area contributed by atoms with Crippen LogP contribution in [0, 0.1) is 12.8 Å². The van der Waals surface area contributed by atoms with Crippen LogP contribution in [0.15, 0.2) is 30.6 Å². The molecule has 1 fully saturated rings. The number of amides is 2. The van der Waals surface area contributed by atoms with Gasteiger partial charge in [-0.3, -0.25) is 5.32 Å². The molecule has 1 unspecified atom stereocenters. The zero-order valence-electron chi connectivity index (χ0n) is 16.7. The Bertz CT molecular complexity index is 847. The summed E-state index contributed by atoms with van der Waals surface area (Å²) in [6.45, 7) is 4.30. The molecule has 1 aromatic heterocycles. The number of carbonyl (C=O) groups is 1. The summed E-state index contributed by atoms with van der Waals surface area (Å²) in [5.41, 5.74) is 0.252. The first-order valence-corrected chi connectivity index (χ1v) is 9.22. The third-order valence-corrected chi connectivity index (χ3v) is 4.44. The van der Waals surface area contributed by atoms with Crippen molar-refractivity contribution in [1.29, 1.82) is 0 Å². The molecule has 0 aliphatic carbocycles. The van der Waals surface area contributed by atoms with E-state index in [2.05, 4.69) is 25.9 Å². The van der Waals surface area contributed by atoms with E-state index in [4.69, 9.17) is 4.74 Å². The summed E-state index contributed by atoms with van der Waals surface area (Å²) >= 11 is 0. The van der Waals surface area contributed by atoms with Crippen molar-refractivity contribution >= 4 is 42.4 Å². The van der Waals surface area contributed by atoms with Crippen molar-refractivity contribution < 1.29 is 22.7 Å². The minimum absolute atomic E-state index is 0. The fourth-order valence-corrected chi connectivity index (χ4v) is 2.95. The highest BCUT2D eigenvalue weighted by Crippen LogP contribution is 2.28. The Kier molecular flexibility index (Phi) is 10.3. The lowest BCUT2D eigenvalue weighted by Gasteiger charge is -2.23. The van der Waals surface area contributed by atoms with Crippen LogP contribution < -0.4 is 20.7 Å². The minimum atomic E-state index is -4.59. The Morgan fingerprint density at radius 1 is 1.23 bits per heavy atom. The van der Waals surface area contributed by atoms with Crippen LogP contribution in [0.5, 0.6) is 5.75 Å². The number of ether oxygens (including phenoxy) is 1. The van der Waals surface area contributed by atoms with Crippen molar-refractivity contribution in [3.05, 3.63) is 41.9 Å². The van der Waals surface area contributed by atoms with E-state index in [9.17, 15) is 18.0 Å². The molecule has 1 aromatic carbocycles. The number of alkyl halides is 3. The first-order chi connectivity index (χ1) is 13.8. The van der Waals surface area contributed by atoms with E-state index in [0.29, 0.717) is 30.2 Å². The molecule has 12 heteroatoms. The van der Waals surface area contributed by atoms with Gasteiger partial charge < -0.3 is 15.4 Å². The third-order valence-electron chi connectivity index (χ3n) is 4.44. The summed E-state index contributed by atoms with van der Waals surface area (Å²) < 4.78 is 43.5. The van der Waals surface area contributed by atoms with Crippen LogP contribution in [-0.2, 0) is 6.18 Å². The Morgan fingerprint density at radius 3 is 2.61 bits per heavy atom. The molecule has 0 radical (unpaired) electrons. The van der Waals surface area contributed by atoms with Gasteiger partial charge in [0.15, 0.2) is 11.5 Å². The second-order valence-corrected chi connectivity index (χ2v) is 6.89. The molecule has 172 valence electrons. The molecule has 7 nitrogen and oxygen atoms in total. The van der Waals surface area contributed by atoms with Gasteiger partial charge in [-0.25, -0.2) is 14.8 Å². The number of halogens is 5. The standard InChI is InChI=1S/C19H22F3N5O2.2ClH/c1-12-4-5-15(29-11-13-3-2-6-23-8-13)14(7-12)26-18(28)27-17-10-24-16(9-25-17)19(20,21)22;;/h4-5,7,9-10,13,23H,2-3,6,8,11H2,1H3,(H2,25,26,27,28);2*1H. The van der Waals surface area contributed by atoms with Gasteiger partial charge in [-0.2, -0.15) is 13.2 Å². The van der Waals surface area contributed by atoms with E-state index < -0.39 is 17.9 Å². The molecule has 0 bridgehead atoms. The quantitative estimate of drug-likeness (QED) is 0.577. The molecule has 1 saturated heterocycles. The highest BCUT2D eigenvalue weighted by molar-refractivity contribution is 6.00. The predicted octanol–water partition coefficient (Wildman–Crippen LogP) is 4.67. The molecule has 2 amide bonds. The second kappa shape index (κ2) is 11.9. The number of nitrogens with one attached hydrogen (secondary N) is 3. The minimum Gasteiger partial charge on any atom is -0.491 e. The Morgan fingerprint density at radius 2 is 2.00 bits per heavy atom. The smallest absolute Gasteiger partial charge is 0.434 e. The number of aromatic nitrogens is 2. The monoisotopic (exact) mass is 481 g/mol. The summed E-state index contributed by atoms with van der Waals surface area (Å²) in [6, 6.07) is 4.75. The number of rotatable bonds is 5. The van der Waals surface area contributed by atoms with Gasteiger partial charge in [-0.15, -0.1) is 24.8 Å². The second-order valence-electron chi connectivity index (χ2n) is 6.89. The number of anilines is 2. The van der Waals surface area contributed by atoms with Gasteiger partial charge >= 0.3 is 12.2 Å². The fourth-order valence-electron chi connectivity index (χ4n) is 2.95. The molecular formula is C19H24Cl2F3N5O2. The topological polar surface area (TPSA) is 88.2 Å². The number of urea groups is 1. The SMILES string of the molecule is Cc1ccc(OCC2CCCNC2)c(NC(=O)Nc2cnc(C(F)(F)F)cn2)c1.Cl.Cl. The zero-order valence-corrected chi connectivity index (χ0v) is 18.3. The van der Waals surface area contributed by atoms with Crippen LogP contribution in [0.3, 0.4) is 0 Å². The zero-order chi connectivity index (χ0) is 20.9. The van der Waals surface area contributed by atoms with Crippen molar-refractivity contribution in [1.82, 2.24) is 15.3 Å². The van der Waals surface area contributed by atoms with E-state index in [0.717, 1.165) is 37.7 Å². The van der Waals surface area contributed by atoms with E-state index >= 15 is 0 Å². The third kappa shape index (κ3) is 8.04. The maximum absolute atomic E-state index is 12.5. The Labute approximate surface area is 190 Å². The van der Waals surface area contributed by atoms with Gasteiger partial charge in [0.2, 0.25) is 0 Å². The van der Waals surface area contributed by atoms with E-state index in [-0.39, 0.29) is 30.6 Å². The van der Waals surface area contributed by atoms with Crippen LogP contribution in [0.4, 0.5) is 29.5 Å². The average Bonchev–Trinajstić information content (AvgIpc) is 2.68. The van der Waals surface area contributed by atoms with Gasteiger partial charge in [0.05, 0.1) is 24.7 Å². The highest BCUT2D eigenvalue weighted by Gasteiger charge is 2.32. The number of carbonyl (C=O) groups excluding carboxylic acids is 1. The van der Waals surface area contributed by atoms with E-state index in [1.807, 2.05) is 13.0 Å². The van der Waals surface area contributed by atoms with Crippen molar-refractivity contribution in [3.8, 4) is 5.75 Å². The van der Waals surface area contributed by atoms with Gasteiger partial charge in [0.25, 0.3) is 0 Å². The number of aryl methyl sites for hydroxylation is 1. The summed E-state index contributed by atoms with van der Waals surface area (Å²) in [7, 11) is 0. The van der Waals surface area contributed by atoms with Crippen LogP contribution in [0.1, 0.15) is 24.1 Å². The maximum atomic E-state index is 12.5. The molecule has 2 heterocycles. The number of hydrogen-bond donors (Lipinski definition) is 3. The Balaban J connectivity index is 0.00000240. The summed E-state index contributed by atoms with van der Waals surface area (Å²) in [4.78, 5) is 19.1. The molecule has 31 heavy (non-hydrogen) atoms. The van der Waals surface area contributed by atoms with Crippen LogP contribution in [0.2, 0.25) is 0 Å². The first-order valence-electron chi connectivity index (χ1n) is 9.22. The lowest BCUT2D eigenvalue weighted by molar-refractivity contribution is -0.141. The van der Waals surface area contributed by atoms with E-state index in [1.54, 1.807) is 12.1 Å². The van der Waals surface area contributed by atoms with Gasteiger partial charge in [-0.05, 0) is 44.0 Å². The lowest BCUT2D eigenvalue weighted by Crippen LogP contribution is -2.33. The molecule has 1 atom stereocenters. The highest BCUT2D eigenvalue weighted by atomic mass is 35.5. The van der Waals surface area contributed by atoms with Crippen LogP contribution in [0.25, 0.3) is 0 Å². The number of nitrogens with zero attached hydrogens (tertiary/aromatic N) is 2. The lowest BCUT2D eigenvalue weighted by atomic mass is 10.0. The average molecular weight is 482 g/mol. The summed E-state index contributed by atoms with van der Waals surface area (Å²) in [5, 5.41) is 8.34. The molecule has 3 N–H and O–H groups in total.